The van der Waals surface area contributed by atoms with Gasteiger partial charge >= 0.3 is 0 Å². The molecule has 32 heavy (non-hydrogen) atoms. The third kappa shape index (κ3) is 4.99. The van der Waals surface area contributed by atoms with Crippen LogP contribution >= 0.6 is 0 Å². The third-order valence-corrected chi connectivity index (χ3v) is 7.50. The smallest absolute Gasteiger partial charge is 0.117 e. The number of aliphatic hydroxyl groups is 1. The van der Waals surface area contributed by atoms with Gasteiger partial charge < -0.3 is 5.11 Å². The van der Waals surface area contributed by atoms with Crippen LogP contribution < -0.4 is 0 Å². The third-order valence-electron chi connectivity index (χ3n) is 7.50. The van der Waals surface area contributed by atoms with Crippen LogP contribution in [0.25, 0.3) is 0 Å². The summed E-state index contributed by atoms with van der Waals surface area (Å²) in [7, 11) is 0. The Labute approximate surface area is 194 Å². The van der Waals surface area contributed by atoms with Crippen molar-refractivity contribution in [2.75, 3.05) is 0 Å². The highest BCUT2D eigenvalue weighted by Gasteiger charge is 2.41. The van der Waals surface area contributed by atoms with Crippen molar-refractivity contribution in [2.45, 2.75) is 70.3 Å². The van der Waals surface area contributed by atoms with E-state index in [4.69, 9.17) is 0 Å². The zero-order valence-electron chi connectivity index (χ0n) is 19.9. The lowest BCUT2D eigenvalue weighted by atomic mass is 9.67. The van der Waals surface area contributed by atoms with E-state index < -0.39 is 5.60 Å². The second-order valence-corrected chi connectivity index (χ2v) is 10.7. The fraction of sp³-hybridized carbons (Fsp3) is 0.419. The van der Waals surface area contributed by atoms with Crippen molar-refractivity contribution in [3.8, 4) is 0 Å². The molecule has 0 amide bonds. The van der Waals surface area contributed by atoms with E-state index in [0.29, 0.717) is 0 Å². The van der Waals surface area contributed by atoms with Gasteiger partial charge in [-0.3, -0.25) is 0 Å². The molecule has 1 saturated carbocycles. The molecule has 1 N–H and O–H groups in total. The molecule has 0 atom stereocenters. The summed E-state index contributed by atoms with van der Waals surface area (Å²) in [4.78, 5) is 0. The van der Waals surface area contributed by atoms with Crippen LogP contribution in [0.1, 0.15) is 75.1 Å². The molecule has 1 nitrogen and oxygen atoms in total. The molecule has 3 aromatic carbocycles. The van der Waals surface area contributed by atoms with Crippen LogP contribution in [0.3, 0.4) is 0 Å². The maximum atomic E-state index is 12.1. The molecule has 1 aliphatic carbocycles. The molecule has 3 aromatic rings. The second-order valence-electron chi connectivity index (χ2n) is 10.7. The standard InChI is InChI=1S/C31H38O/c1-30(2,3)29-16-10-11-25(23-29)18-17-24-19-21-28(22-20-24)31(32,26-12-6-4-7-13-26)27-14-8-5-9-15-27/h4-16,23-24,28,32H,17-22H2,1-3H3. The molecule has 0 spiro atoms. The molecule has 0 unspecified atom stereocenters. The first-order valence-electron chi connectivity index (χ1n) is 12.3. The molecule has 4 rings (SSSR count). The maximum absolute atomic E-state index is 12.1. The van der Waals surface area contributed by atoms with Crippen molar-refractivity contribution in [2.24, 2.45) is 11.8 Å². The Hall–Kier alpha value is -2.38. The summed E-state index contributed by atoms with van der Waals surface area (Å²) in [5.74, 6) is 1.01. The first kappa shape index (κ1) is 22.8. The van der Waals surface area contributed by atoms with Gasteiger partial charge in [0.25, 0.3) is 0 Å². The highest BCUT2D eigenvalue weighted by atomic mass is 16.3. The number of hydrogen-bond acceptors (Lipinski definition) is 1. The lowest BCUT2D eigenvalue weighted by Crippen LogP contribution is -2.38. The van der Waals surface area contributed by atoms with Crippen LogP contribution in [0.15, 0.2) is 84.9 Å². The normalized spacial score (nSPS) is 19.6. The van der Waals surface area contributed by atoms with Gasteiger partial charge in [0.15, 0.2) is 0 Å². The van der Waals surface area contributed by atoms with Gasteiger partial charge in [0.05, 0.1) is 0 Å². The minimum Gasteiger partial charge on any atom is -0.380 e. The molecule has 1 fully saturated rings. The van der Waals surface area contributed by atoms with Gasteiger partial charge in [0, 0.05) is 0 Å². The molecule has 0 aliphatic heterocycles. The summed E-state index contributed by atoms with van der Waals surface area (Å²) in [6.07, 6.45) is 6.95. The largest absolute Gasteiger partial charge is 0.380 e. The Kier molecular flexibility index (Phi) is 6.86. The van der Waals surface area contributed by atoms with Gasteiger partial charge in [-0.25, -0.2) is 0 Å². The molecule has 0 saturated heterocycles. The van der Waals surface area contributed by atoms with Gasteiger partial charge in [-0.15, -0.1) is 0 Å². The van der Waals surface area contributed by atoms with E-state index in [1.54, 1.807) is 0 Å². The van der Waals surface area contributed by atoms with Crippen molar-refractivity contribution in [1.29, 1.82) is 0 Å². The van der Waals surface area contributed by atoms with Gasteiger partial charge in [-0.1, -0.05) is 119 Å². The fourth-order valence-corrected chi connectivity index (χ4v) is 5.46. The summed E-state index contributed by atoms with van der Waals surface area (Å²) in [6.45, 7) is 6.86. The average molecular weight is 427 g/mol. The van der Waals surface area contributed by atoms with Crippen molar-refractivity contribution in [3.63, 3.8) is 0 Å². The second kappa shape index (κ2) is 9.63. The molecule has 1 heteroatoms. The topological polar surface area (TPSA) is 20.2 Å². The van der Waals surface area contributed by atoms with Crippen LogP contribution in [-0.4, -0.2) is 5.11 Å². The van der Waals surface area contributed by atoms with Gasteiger partial charge in [-0.2, -0.15) is 0 Å². The Balaban J connectivity index is 1.43. The van der Waals surface area contributed by atoms with E-state index in [1.165, 1.54) is 30.4 Å². The summed E-state index contributed by atoms with van der Waals surface area (Å²) in [5.41, 5.74) is 4.23. The molecule has 0 aromatic heterocycles. The zero-order valence-corrected chi connectivity index (χ0v) is 19.9. The van der Waals surface area contributed by atoms with Gasteiger partial charge in [0.1, 0.15) is 5.60 Å². The first-order valence-corrected chi connectivity index (χ1v) is 12.3. The SMILES string of the molecule is CC(C)(C)c1cccc(CCC2CCC(C(O)(c3ccccc3)c3ccccc3)CC2)c1. The summed E-state index contributed by atoms with van der Waals surface area (Å²) in [6, 6.07) is 29.7. The molecule has 0 radical (unpaired) electrons. The zero-order chi connectivity index (χ0) is 22.6. The van der Waals surface area contributed by atoms with Crippen LogP contribution in [0.4, 0.5) is 0 Å². The molecule has 168 valence electrons. The van der Waals surface area contributed by atoms with E-state index in [0.717, 1.165) is 36.3 Å². The maximum Gasteiger partial charge on any atom is 0.117 e. The van der Waals surface area contributed by atoms with Crippen molar-refractivity contribution in [1.82, 2.24) is 0 Å². The number of aryl methyl sites for hydroxylation is 1. The Morgan fingerprint density at radius 3 is 1.75 bits per heavy atom. The van der Waals surface area contributed by atoms with Crippen molar-refractivity contribution < 1.29 is 5.11 Å². The van der Waals surface area contributed by atoms with E-state index in [1.807, 2.05) is 36.4 Å². The predicted molar refractivity (Wildman–Crippen MR) is 135 cm³/mol. The molecule has 1 aliphatic rings. The number of rotatable bonds is 6. The average Bonchev–Trinajstić information content (AvgIpc) is 2.83. The van der Waals surface area contributed by atoms with Crippen molar-refractivity contribution in [3.05, 3.63) is 107 Å². The van der Waals surface area contributed by atoms with Crippen molar-refractivity contribution >= 4 is 0 Å². The minimum atomic E-state index is -0.908. The summed E-state index contributed by atoms with van der Waals surface area (Å²) >= 11 is 0. The monoisotopic (exact) mass is 426 g/mol. The number of benzene rings is 3. The van der Waals surface area contributed by atoms with E-state index in [-0.39, 0.29) is 11.3 Å². The fourth-order valence-electron chi connectivity index (χ4n) is 5.46. The lowest BCUT2D eigenvalue weighted by molar-refractivity contribution is -0.00795. The predicted octanol–water partition coefficient (Wildman–Crippen LogP) is 7.66. The first-order chi connectivity index (χ1) is 15.4. The Morgan fingerprint density at radius 2 is 1.22 bits per heavy atom. The molecule has 0 heterocycles. The van der Waals surface area contributed by atoms with E-state index >= 15 is 0 Å². The van der Waals surface area contributed by atoms with Crippen LogP contribution in [0.2, 0.25) is 0 Å². The highest BCUT2D eigenvalue weighted by Crippen LogP contribution is 2.45. The Morgan fingerprint density at radius 1 is 0.688 bits per heavy atom. The van der Waals surface area contributed by atoms with Gasteiger partial charge in [0.2, 0.25) is 0 Å². The molecule has 0 bridgehead atoms. The van der Waals surface area contributed by atoms with Crippen LogP contribution in [-0.2, 0) is 17.4 Å². The number of hydrogen-bond donors (Lipinski definition) is 1. The lowest BCUT2D eigenvalue weighted by Gasteiger charge is -2.41. The van der Waals surface area contributed by atoms with E-state index in [2.05, 4.69) is 69.3 Å². The molecular formula is C31H38O. The highest BCUT2D eigenvalue weighted by molar-refractivity contribution is 5.37. The van der Waals surface area contributed by atoms with Gasteiger partial charge in [-0.05, 0) is 65.2 Å². The molecular weight excluding hydrogens is 388 g/mol. The Bertz CT molecular complexity index is 936. The summed E-state index contributed by atoms with van der Waals surface area (Å²) < 4.78 is 0. The minimum absolute atomic E-state index is 0.202. The van der Waals surface area contributed by atoms with Crippen LogP contribution in [0.5, 0.6) is 0 Å². The van der Waals surface area contributed by atoms with E-state index in [9.17, 15) is 5.11 Å². The van der Waals surface area contributed by atoms with Crippen LogP contribution in [0, 0.1) is 11.8 Å². The summed E-state index contributed by atoms with van der Waals surface area (Å²) in [5, 5.41) is 12.1. The quantitative estimate of drug-likeness (QED) is 0.429.